The van der Waals surface area contributed by atoms with E-state index in [4.69, 9.17) is 21.9 Å². The van der Waals surface area contributed by atoms with Crippen molar-refractivity contribution in [2.75, 3.05) is 5.73 Å². The van der Waals surface area contributed by atoms with E-state index in [0.717, 1.165) is 27.7 Å². The molecule has 3 nitrogen and oxygen atoms in total. The van der Waals surface area contributed by atoms with Crippen LogP contribution in [0.2, 0.25) is 5.02 Å². The van der Waals surface area contributed by atoms with Gasteiger partial charge in [-0.05, 0) is 30.5 Å². The molecule has 5 heteroatoms. The number of aromatic nitrogens is 1. The Labute approximate surface area is 119 Å². The summed E-state index contributed by atoms with van der Waals surface area (Å²) < 4.78 is 6.03. The van der Waals surface area contributed by atoms with E-state index in [1.807, 2.05) is 18.2 Å². The second-order valence-electron chi connectivity index (χ2n) is 4.60. The lowest BCUT2D eigenvalue weighted by atomic mass is 9.99. The molecule has 2 N–H and O–H groups in total. The van der Waals surface area contributed by atoms with Gasteiger partial charge < -0.3 is 10.3 Å². The molecule has 0 unspecified atom stereocenters. The third-order valence-corrected chi connectivity index (χ3v) is 3.54. The fourth-order valence-corrected chi connectivity index (χ4v) is 2.42. The van der Waals surface area contributed by atoms with Gasteiger partial charge in [0.15, 0.2) is 0 Å². The number of hydrogen-bond acceptors (Lipinski definition) is 3. The maximum absolute atomic E-state index is 6.02. The molecule has 1 aromatic heterocycles. The summed E-state index contributed by atoms with van der Waals surface area (Å²) in [6.45, 7) is 4.26. The van der Waals surface area contributed by atoms with Crippen LogP contribution in [0.15, 0.2) is 27.2 Å². The molecule has 0 bridgehead atoms. The molecule has 0 spiro atoms. The normalized spacial score (nSPS) is 11.2. The molecule has 0 saturated heterocycles. The van der Waals surface area contributed by atoms with E-state index in [1.165, 1.54) is 0 Å². The zero-order valence-corrected chi connectivity index (χ0v) is 12.5. The number of halogens is 2. The van der Waals surface area contributed by atoms with Crippen LogP contribution in [0.3, 0.4) is 0 Å². The fourth-order valence-electron chi connectivity index (χ4n) is 1.82. The van der Waals surface area contributed by atoms with Crippen LogP contribution in [-0.2, 0) is 6.42 Å². The molecule has 0 aliphatic rings. The van der Waals surface area contributed by atoms with Crippen molar-refractivity contribution in [2.24, 2.45) is 5.92 Å². The van der Waals surface area contributed by atoms with Gasteiger partial charge in [0.05, 0.1) is 0 Å². The number of anilines is 1. The van der Waals surface area contributed by atoms with Gasteiger partial charge in [-0.1, -0.05) is 46.5 Å². The van der Waals surface area contributed by atoms with Crippen molar-refractivity contribution in [2.45, 2.75) is 20.3 Å². The SMILES string of the molecule is CC(C)Cc1c(-c2cc(Cl)ccc2Br)noc1N. The minimum Gasteiger partial charge on any atom is -0.367 e. The Bertz CT molecular complexity index is 566. The zero-order chi connectivity index (χ0) is 13.3. The predicted molar refractivity (Wildman–Crippen MR) is 77.6 cm³/mol. The topological polar surface area (TPSA) is 52.0 Å². The first-order valence-electron chi connectivity index (χ1n) is 5.68. The lowest BCUT2D eigenvalue weighted by molar-refractivity contribution is 0.438. The van der Waals surface area contributed by atoms with Gasteiger partial charge >= 0.3 is 0 Å². The molecule has 0 amide bonds. The maximum Gasteiger partial charge on any atom is 0.225 e. The minimum atomic E-state index is 0.380. The molecule has 0 aliphatic heterocycles. The highest BCUT2D eigenvalue weighted by atomic mass is 79.9. The summed E-state index contributed by atoms with van der Waals surface area (Å²) in [6, 6.07) is 5.56. The fraction of sp³-hybridized carbons (Fsp3) is 0.308. The number of hydrogen-bond donors (Lipinski definition) is 1. The Hall–Kier alpha value is -1.00. The molecular weight excluding hydrogens is 316 g/mol. The van der Waals surface area contributed by atoms with E-state index >= 15 is 0 Å². The van der Waals surface area contributed by atoms with Gasteiger partial charge in [0.1, 0.15) is 5.69 Å². The number of nitrogen functional groups attached to an aromatic ring is 1. The zero-order valence-electron chi connectivity index (χ0n) is 10.2. The lowest BCUT2D eigenvalue weighted by Gasteiger charge is -2.07. The summed E-state index contributed by atoms with van der Waals surface area (Å²) in [5.41, 5.74) is 8.44. The van der Waals surface area contributed by atoms with Crippen LogP contribution < -0.4 is 5.73 Å². The third-order valence-electron chi connectivity index (χ3n) is 2.61. The third kappa shape index (κ3) is 2.70. The van der Waals surface area contributed by atoms with Crippen LogP contribution in [0, 0.1) is 5.92 Å². The monoisotopic (exact) mass is 328 g/mol. The van der Waals surface area contributed by atoms with Gasteiger partial charge in [0.25, 0.3) is 0 Å². The molecule has 0 aliphatic carbocycles. The van der Waals surface area contributed by atoms with E-state index in [2.05, 4.69) is 34.9 Å². The maximum atomic E-state index is 6.02. The Balaban J connectivity index is 2.53. The van der Waals surface area contributed by atoms with Crippen molar-refractivity contribution in [3.63, 3.8) is 0 Å². The first kappa shape index (κ1) is 13.4. The Morgan fingerprint density at radius 3 is 2.83 bits per heavy atom. The minimum absolute atomic E-state index is 0.380. The van der Waals surface area contributed by atoms with Crippen LogP contribution in [-0.4, -0.2) is 5.16 Å². The standard InChI is InChI=1S/C13H14BrClN2O/c1-7(2)5-10-12(17-18-13(10)16)9-6-8(15)3-4-11(9)14/h3-4,6-7H,5,16H2,1-2H3. The van der Waals surface area contributed by atoms with Gasteiger partial charge in [0.2, 0.25) is 5.88 Å². The molecule has 0 radical (unpaired) electrons. The average Bonchev–Trinajstić information content (AvgIpc) is 2.64. The smallest absolute Gasteiger partial charge is 0.225 e. The predicted octanol–water partition coefficient (Wildman–Crippen LogP) is 4.54. The van der Waals surface area contributed by atoms with E-state index < -0.39 is 0 Å². The van der Waals surface area contributed by atoms with Crippen molar-refractivity contribution in [1.82, 2.24) is 5.16 Å². The van der Waals surface area contributed by atoms with Crippen LogP contribution >= 0.6 is 27.5 Å². The molecule has 2 rings (SSSR count). The molecule has 0 atom stereocenters. The van der Waals surface area contributed by atoms with Crippen molar-refractivity contribution in [3.05, 3.63) is 33.3 Å². The Kier molecular flexibility index (Phi) is 3.97. The largest absolute Gasteiger partial charge is 0.367 e. The highest BCUT2D eigenvalue weighted by molar-refractivity contribution is 9.10. The second-order valence-corrected chi connectivity index (χ2v) is 5.89. The van der Waals surface area contributed by atoms with Crippen LogP contribution in [0.4, 0.5) is 5.88 Å². The molecule has 0 saturated carbocycles. The molecule has 1 heterocycles. The average molecular weight is 330 g/mol. The molecular formula is C13H14BrClN2O. The summed E-state index contributed by atoms with van der Waals surface area (Å²) in [5.74, 6) is 0.856. The quantitative estimate of drug-likeness (QED) is 0.899. The summed E-state index contributed by atoms with van der Waals surface area (Å²) in [4.78, 5) is 0. The van der Waals surface area contributed by atoms with Gasteiger partial charge in [-0.15, -0.1) is 0 Å². The van der Waals surface area contributed by atoms with E-state index in [0.29, 0.717) is 16.8 Å². The summed E-state index contributed by atoms with van der Waals surface area (Å²) in [5, 5.41) is 4.71. The number of rotatable bonds is 3. The number of nitrogens with two attached hydrogens (primary N) is 1. The molecule has 96 valence electrons. The van der Waals surface area contributed by atoms with E-state index in [1.54, 1.807) is 0 Å². The van der Waals surface area contributed by atoms with Gasteiger partial charge in [0, 0.05) is 20.6 Å². The van der Waals surface area contributed by atoms with Crippen LogP contribution in [0.5, 0.6) is 0 Å². The van der Waals surface area contributed by atoms with Crippen molar-refractivity contribution < 1.29 is 4.52 Å². The lowest BCUT2D eigenvalue weighted by Crippen LogP contribution is -1.98. The summed E-state index contributed by atoms with van der Waals surface area (Å²) in [6.07, 6.45) is 0.823. The first-order valence-corrected chi connectivity index (χ1v) is 6.85. The Morgan fingerprint density at radius 1 is 1.44 bits per heavy atom. The van der Waals surface area contributed by atoms with Crippen molar-refractivity contribution in [3.8, 4) is 11.3 Å². The van der Waals surface area contributed by atoms with Gasteiger partial charge in [-0.3, -0.25) is 0 Å². The highest BCUT2D eigenvalue weighted by Crippen LogP contribution is 2.35. The van der Waals surface area contributed by atoms with Crippen molar-refractivity contribution >= 4 is 33.4 Å². The summed E-state index contributed by atoms with van der Waals surface area (Å²) in [7, 11) is 0. The molecule has 0 fully saturated rings. The highest BCUT2D eigenvalue weighted by Gasteiger charge is 2.18. The molecule has 18 heavy (non-hydrogen) atoms. The number of benzene rings is 1. The van der Waals surface area contributed by atoms with Crippen molar-refractivity contribution in [1.29, 1.82) is 0 Å². The van der Waals surface area contributed by atoms with E-state index in [-0.39, 0.29) is 0 Å². The van der Waals surface area contributed by atoms with Gasteiger partial charge in [-0.2, -0.15) is 0 Å². The number of nitrogens with zero attached hydrogens (tertiary/aromatic N) is 1. The molecule has 2 aromatic rings. The first-order chi connectivity index (χ1) is 8.49. The van der Waals surface area contributed by atoms with E-state index in [9.17, 15) is 0 Å². The second kappa shape index (κ2) is 5.33. The van der Waals surface area contributed by atoms with Crippen LogP contribution in [0.1, 0.15) is 19.4 Å². The van der Waals surface area contributed by atoms with Gasteiger partial charge in [-0.25, -0.2) is 0 Å². The van der Waals surface area contributed by atoms with Crippen LogP contribution in [0.25, 0.3) is 11.3 Å². The molecule has 1 aromatic carbocycles. The Morgan fingerprint density at radius 2 is 2.17 bits per heavy atom. The summed E-state index contributed by atoms with van der Waals surface area (Å²) >= 11 is 9.52.